The van der Waals surface area contributed by atoms with Crippen molar-refractivity contribution in [1.29, 1.82) is 0 Å². The monoisotopic (exact) mass is 677 g/mol. The Hall–Kier alpha value is -5.77. The van der Waals surface area contributed by atoms with Crippen LogP contribution in [-0.4, -0.2) is 47.4 Å². The molecule has 1 N–H and O–H groups in total. The number of para-hydroxylation sites is 1. The molecule has 0 aromatic heterocycles. The number of hydrogen-bond acceptors (Lipinski definition) is 7. The molecule has 10 heteroatoms. The van der Waals surface area contributed by atoms with E-state index in [0.29, 0.717) is 16.8 Å². The molecular weight excluding hydrogens is 637 g/mol. The van der Waals surface area contributed by atoms with E-state index in [1.807, 2.05) is 30.3 Å². The Balaban J connectivity index is 1.75. The molecule has 1 aliphatic heterocycles. The summed E-state index contributed by atoms with van der Waals surface area (Å²) in [5.41, 5.74) is 1.35. The fourth-order valence-electron chi connectivity index (χ4n) is 5.94. The molecular formula is C40H40FN3O6. The number of halogens is 1. The molecule has 2 atom stereocenters. The lowest BCUT2D eigenvalue weighted by atomic mass is 9.96. The number of carbonyl (C=O) groups excluding carboxylic acids is 4. The topological polar surface area (TPSA) is 105 Å². The Morgan fingerprint density at radius 1 is 0.860 bits per heavy atom. The van der Waals surface area contributed by atoms with Crippen LogP contribution in [0.5, 0.6) is 0 Å². The van der Waals surface area contributed by atoms with Crippen LogP contribution in [0.15, 0.2) is 127 Å². The summed E-state index contributed by atoms with van der Waals surface area (Å²) >= 11 is 0. The third-order valence-corrected chi connectivity index (χ3v) is 7.91. The average molecular weight is 678 g/mol. The largest absolute Gasteiger partial charge is 0.463 e. The zero-order valence-electron chi connectivity index (χ0n) is 28.5. The predicted octanol–water partition coefficient (Wildman–Crippen LogP) is 6.43. The zero-order chi connectivity index (χ0) is 35.8. The van der Waals surface area contributed by atoms with Crippen LogP contribution in [-0.2, 0) is 35.2 Å². The second-order valence-corrected chi connectivity index (χ2v) is 12.7. The van der Waals surface area contributed by atoms with Crippen molar-refractivity contribution in [2.75, 3.05) is 18.1 Å². The Labute approximate surface area is 291 Å². The summed E-state index contributed by atoms with van der Waals surface area (Å²) in [6, 6.07) is 30.2. The lowest BCUT2D eigenvalue weighted by Crippen LogP contribution is -2.44. The van der Waals surface area contributed by atoms with Gasteiger partial charge < -0.3 is 19.7 Å². The number of carbonyl (C=O) groups is 4. The number of rotatable bonds is 12. The number of nitrogens with zero attached hydrogens (tertiary/aromatic N) is 2. The number of ether oxygens (including phenoxy) is 2. The molecule has 5 rings (SSSR count). The van der Waals surface area contributed by atoms with Crippen molar-refractivity contribution < 1.29 is 33.0 Å². The molecule has 0 fully saturated rings. The first-order valence-electron chi connectivity index (χ1n) is 16.4. The van der Waals surface area contributed by atoms with E-state index >= 15 is 4.79 Å². The third kappa shape index (κ3) is 8.26. The van der Waals surface area contributed by atoms with Crippen molar-refractivity contribution >= 4 is 29.4 Å². The average Bonchev–Trinajstić information content (AvgIpc) is 3.40. The van der Waals surface area contributed by atoms with Crippen molar-refractivity contribution in [2.24, 2.45) is 0 Å². The van der Waals surface area contributed by atoms with Gasteiger partial charge in [-0.15, -0.1) is 0 Å². The minimum absolute atomic E-state index is 0.0101. The third-order valence-electron chi connectivity index (χ3n) is 7.91. The van der Waals surface area contributed by atoms with Gasteiger partial charge in [-0.2, -0.15) is 0 Å². The molecule has 0 saturated heterocycles. The van der Waals surface area contributed by atoms with Gasteiger partial charge in [0.1, 0.15) is 29.7 Å². The van der Waals surface area contributed by atoms with Gasteiger partial charge in [0.25, 0.3) is 5.91 Å². The Morgan fingerprint density at radius 3 is 2.02 bits per heavy atom. The maximum atomic E-state index is 15.0. The molecule has 2 unspecified atom stereocenters. The van der Waals surface area contributed by atoms with Gasteiger partial charge in [-0.3, -0.25) is 19.3 Å². The van der Waals surface area contributed by atoms with Crippen LogP contribution < -0.4 is 10.2 Å². The number of nitrogens with one attached hydrogen (secondary N) is 1. The van der Waals surface area contributed by atoms with E-state index in [0.717, 1.165) is 5.56 Å². The highest BCUT2D eigenvalue weighted by atomic mass is 19.1. The van der Waals surface area contributed by atoms with E-state index in [-0.39, 0.29) is 24.4 Å². The summed E-state index contributed by atoms with van der Waals surface area (Å²) in [5, 5.41) is 2.71. The molecule has 2 amide bonds. The number of hydrogen-bond donors (Lipinski definition) is 1. The van der Waals surface area contributed by atoms with Gasteiger partial charge in [0.2, 0.25) is 5.91 Å². The molecule has 0 saturated carbocycles. The van der Waals surface area contributed by atoms with Gasteiger partial charge in [0.05, 0.1) is 18.2 Å². The standard InChI is InChI=1S/C40H40FN3O6/c1-5-49-39(48)33-34(29-21-23-30(41)24-22-29)44(31-19-13-8-14-20-31)38(47)36(33)43(26-27-15-9-6-10-16-27)35(28-17-11-7-12-18-28)37(46)42-25-32(45)50-40(2,3)4/h6-24,34-35H,5,25-26H2,1-4H3,(H,42,46). The van der Waals surface area contributed by atoms with Gasteiger partial charge in [-0.25, -0.2) is 9.18 Å². The van der Waals surface area contributed by atoms with Crippen LogP contribution in [0.3, 0.4) is 0 Å². The molecule has 1 heterocycles. The molecule has 4 aromatic rings. The summed E-state index contributed by atoms with van der Waals surface area (Å²) in [5.74, 6) is -3.05. The predicted molar refractivity (Wildman–Crippen MR) is 187 cm³/mol. The summed E-state index contributed by atoms with van der Waals surface area (Å²) in [7, 11) is 0. The molecule has 0 spiro atoms. The molecule has 4 aromatic carbocycles. The molecule has 0 radical (unpaired) electrons. The quantitative estimate of drug-likeness (QED) is 0.172. The van der Waals surface area contributed by atoms with Crippen molar-refractivity contribution in [3.8, 4) is 0 Å². The van der Waals surface area contributed by atoms with Gasteiger partial charge in [-0.05, 0) is 68.7 Å². The zero-order valence-corrected chi connectivity index (χ0v) is 28.5. The van der Waals surface area contributed by atoms with Gasteiger partial charge in [0, 0.05) is 12.2 Å². The SMILES string of the molecule is CCOC(=O)C1=C(N(Cc2ccccc2)C(C(=O)NCC(=O)OC(C)(C)C)c2ccccc2)C(=O)N(c2ccccc2)C1c1ccc(F)cc1. The molecule has 0 aliphatic carbocycles. The highest BCUT2D eigenvalue weighted by Crippen LogP contribution is 2.45. The maximum Gasteiger partial charge on any atom is 0.338 e. The first-order chi connectivity index (χ1) is 24.0. The maximum absolute atomic E-state index is 15.0. The van der Waals surface area contributed by atoms with Crippen LogP contribution >= 0.6 is 0 Å². The molecule has 258 valence electrons. The normalized spacial score (nSPS) is 15.0. The second-order valence-electron chi connectivity index (χ2n) is 12.7. The summed E-state index contributed by atoms with van der Waals surface area (Å²) < 4.78 is 25.3. The summed E-state index contributed by atoms with van der Waals surface area (Å²) in [6.07, 6.45) is 0. The number of anilines is 1. The van der Waals surface area contributed by atoms with Crippen molar-refractivity contribution in [1.82, 2.24) is 10.2 Å². The molecule has 0 bridgehead atoms. The van der Waals surface area contributed by atoms with E-state index in [1.165, 1.54) is 29.2 Å². The first-order valence-corrected chi connectivity index (χ1v) is 16.4. The van der Waals surface area contributed by atoms with Gasteiger partial charge in [-0.1, -0.05) is 91.0 Å². The fourth-order valence-corrected chi connectivity index (χ4v) is 5.94. The lowest BCUT2D eigenvalue weighted by Gasteiger charge is -2.34. The van der Waals surface area contributed by atoms with Crippen LogP contribution in [0.25, 0.3) is 0 Å². The van der Waals surface area contributed by atoms with Crippen molar-refractivity contribution in [3.63, 3.8) is 0 Å². The van der Waals surface area contributed by atoms with E-state index < -0.39 is 53.8 Å². The molecule has 50 heavy (non-hydrogen) atoms. The van der Waals surface area contributed by atoms with Crippen LogP contribution in [0.2, 0.25) is 0 Å². The molecule has 1 aliphatic rings. The summed E-state index contributed by atoms with van der Waals surface area (Å²) in [4.78, 5) is 59.3. The van der Waals surface area contributed by atoms with Gasteiger partial charge >= 0.3 is 11.9 Å². The Morgan fingerprint density at radius 2 is 1.44 bits per heavy atom. The number of benzene rings is 4. The first kappa shape index (κ1) is 35.5. The van der Waals surface area contributed by atoms with E-state index in [2.05, 4.69) is 5.32 Å². The van der Waals surface area contributed by atoms with E-state index in [9.17, 15) is 18.8 Å². The summed E-state index contributed by atoms with van der Waals surface area (Å²) in [6.45, 7) is 6.45. The van der Waals surface area contributed by atoms with Crippen LogP contribution in [0.1, 0.15) is 56.5 Å². The second kappa shape index (κ2) is 15.6. The lowest BCUT2D eigenvalue weighted by molar-refractivity contribution is -0.154. The van der Waals surface area contributed by atoms with Crippen LogP contribution in [0.4, 0.5) is 10.1 Å². The van der Waals surface area contributed by atoms with E-state index in [1.54, 1.807) is 93.3 Å². The van der Waals surface area contributed by atoms with Crippen molar-refractivity contribution in [3.05, 3.63) is 149 Å². The van der Waals surface area contributed by atoms with Crippen molar-refractivity contribution in [2.45, 2.75) is 51.9 Å². The highest BCUT2D eigenvalue weighted by molar-refractivity contribution is 6.16. The van der Waals surface area contributed by atoms with Crippen LogP contribution in [0, 0.1) is 5.82 Å². The highest BCUT2D eigenvalue weighted by Gasteiger charge is 2.49. The smallest absolute Gasteiger partial charge is 0.338 e. The van der Waals surface area contributed by atoms with Gasteiger partial charge in [0.15, 0.2) is 0 Å². The van der Waals surface area contributed by atoms with E-state index in [4.69, 9.17) is 9.47 Å². The Kier molecular flexibility index (Phi) is 11.1. The Bertz CT molecular complexity index is 1840. The molecule has 9 nitrogen and oxygen atoms in total. The minimum atomic E-state index is -1.20. The fraction of sp³-hybridized carbons (Fsp3) is 0.250. The number of amides is 2. The minimum Gasteiger partial charge on any atom is -0.463 e. The number of esters is 2.